The van der Waals surface area contributed by atoms with Crippen molar-refractivity contribution in [2.45, 2.75) is 50.2 Å². The van der Waals surface area contributed by atoms with Gasteiger partial charge < -0.3 is 4.55 Å². The molecule has 82 valence electrons. The first-order valence-electron chi connectivity index (χ1n) is 5.54. The largest absolute Gasteiger partial charge is 1.00 e. The van der Waals surface area contributed by atoms with Crippen molar-refractivity contribution in [2.75, 3.05) is 0 Å². The van der Waals surface area contributed by atoms with E-state index in [1.54, 1.807) is 0 Å². The van der Waals surface area contributed by atoms with Gasteiger partial charge in [-0.1, -0.05) is 32.1 Å². The van der Waals surface area contributed by atoms with Crippen molar-refractivity contribution < 1.29 is 42.5 Å². The first-order chi connectivity index (χ1) is 6.59. The normalized spacial score (nSPS) is 36.5. The second-order valence-electron chi connectivity index (χ2n) is 4.67. The molecule has 2 aliphatic rings. The van der Waals surface area contributed by atoms with E-state index in [-0.39, 0.29) is 35.5 Å². The summed E-state index contributed by atoms with van der Waals surface area (Å²) in [4.78, 5) is 0. The van der Waals surface area contributed by atoms with Crippen LogP contribution in [0.1, 0.15) is 44.9 Å². The summed E-state index contributed by atoms with van der Waals surface area (Å²) in [6.45, 7) is 0. The van der Waals surface area contributed by atoms with E-state index in [4.69, 9.17) is 0 Å². The van der Waals surface area contributed by atoms with E-state index >= 15 is 0 Å². The second-order valence-corrected chi connectivity index (χ2v) is 6.26. The quantitative estimate of drug-likeness (QED) is 0.431. The summed E-state index contributed by atoms with van der Waals surface area (Å²) in [5.41, 5.74) is 0. The summed E-state index contributed by atoms with van der Waals surface area (Å²) >= 11 is 0. The fraction of sp³-hybridized carbons (Fsp3) is 1.00. The number of rotatable bonds is 1. The molecule has 3 atom stereocenters. The van der Waals surface area contributed by atoms with Gasteiger partial charge in [0.1, 0.15) is 0 Å². The minimum atomic E-state index is -4.05. The van der Waals surface area contributed by atoms with Crippen molar-refractivity contribution in [1.29, 1.82) is 0 Å². The Hall–Kier alpha value is 0.910. The van der Waals surface area contributed by atoms with Crippen LogP contribution in [-0.2, 0) is 10.1 Å². The Morgan fingerprint density at radius 3 is 2.20 bits per heavy atom. The fourth-order valence-corrected chi connectivity index (χ4v) is 4.48. The van der Waals surface area contributed by atoms with E-state index in [1.807, 2.05) is 0 Å². The fourth-order valence-electron chi connectivity index (χ4n) is 3.24. The van der Waals surface area contributed by atoms with Crippen LogP contribution in [0.25, 0.3) is 0 Å². The van der Waals surface area contributed by atoms with Crippen molar-refractivity contribution in [1.82, 2.24) is 0 Å². The standard InChI is InChI=1S/C10H18O3S.Na/c11-14(12,13)10-7-3-5-8-4-1-2-6-9(8)10;/h8-10H,1-7H2,(H,11,12,13);/q;+1/p-1. The van der Waals surface area contributed by atoms with Crippen molar-refractivity contribution in [2.24, 2.45) is 11.8 Å². The van der Waals surface area contributed by atoms with Crippen LogP contribution < -0.4 is 29.6 Å². The summed E-state index contributed by atoms with van der Waals surface area (Å²) in [6, 6.07) is 0. The molecule has 0 aliphatic heterocycles. The van der Waals surface area contributed by atoms with Crippen molar-refractivity contribution in [3.8, 4) is 0 Å². The monoisotopic (exact) mass is 240 g/mol. The maximum absolute atomic E-state index is 11.1. The molecule has 0 aromatic rings. The molecule has 0 amide bonds. The topological polar surface area (TPSA) is 57.2 Å². The van der Waals surface area contributed by atoms with E-state index in [0.717, 1.165) is 32.1 Å². The van der Waals surface area contributed by atoms with Gasteiger partial charge in [0.05, 0.1) is 15.4 Å². The van der Waals surface area contributed by atoms with Gasteiger partial charge in [0.2, 0.25) is 0 Å². The number of fused-ring (bicyclic) bond motifs is 1. The number of hydrogen-bond acceptors (Lipinski definition) is 3. The number of hydrogen-bond donors (Lipinski definition) is 0. The van der Waals surface area contributed by atoms with Crippen LogP contribution in [0.2, 0.25) is 0 Å². The van der Waals surface area contributed by atoms with Gasteiger partial charge in [-0.3, -0.25) is 0 Å². The summed E-state index contributed by atoms with van der Waals surface area (Å²) in [6.07, 6.45) is 7.07. The predicted molar refractivity (Wildman–Crippen MR) is 52.8 cm³/mol. The van der Waals surface area contributed by atoms with Crippen molar-refractivity contribution in [3.05, 3.63) is 0 Å². The molecule has 2 rings (SSSR count). The van der Waals surface area contributed by atoms with Crippen molar-refractivity contribution in [3.63, 3.8) is 0 Å². The summed E-state index contributed by atoms with van der Waals surface area (Å²) < 4.78 is 33.3. The van der Waals surface area contributed by atoms with Crippen LogP contribution >= 0.6 is 0 Å². The van der Waals surface area contributed by atoms with Gasteiger partial charge in [0, 0.05) is 0 Å². The maximum Gasteiger partial charge on any atom is 1.00 e. The zero-order chi connectivity index (χ0) is 10.2. The van der Waals surface area contributed by atoms with Gasteiger partial charge in [0.15, 0.2) is 0 Å². The van der Waals surface area contributed by atoms with Crippen LogP contribution in [0.5, 0.6) is 0 Å². The maximum atomic E-state index is 11.1. The van der Waals surface area contributed by atoms with E-state index in [2.05, 4.69) is 0 Å². The molecule has 5 heteroatoms. The van der Waals surface area contributed by atoms with Crippen LogP contribution in [0.3, 0.4) is 0 Å². The molecule has 0 radical (unpaired) electrons. The van der Waals surface area contributed by atoms with Gasteiger partial charge in [-0.05, 0) is 24.7 Å². The van der Waals surface area contributed by atoms with Crippen LogP contribution in [0.15, 0.2) is 0 Å². The first-order valence-corrected chi connectivity index (χ1v) is 7.01. The smallest absolute Gasteiger partial charge is 0.748 e. The molecule has 15 heavy (non-hydrogen) atoms. The third kappa shape index (κ3) is 3.19. The van der Waals surface area contributed by atoms with Gasteiger partial charge in [-0.2, -0.15) is 0 Å². The van der Waals surface area contributed by atoms with E-state index in [9.17, 15) is 13.0 Å². The molecule has 0 saturated heterocycles. The molecule has 0 N–H and O–H groups in total. The molecule has 3 nitrogen and oxygen atoms in total. The predicted octanol–water partition coefficient (Wildman–Crippen LogP) is -1.11. The van der Waals surface area contributed by atoms with Crippen LogP contribution in [0.4, 0.5) is 0 Å². The van der Waals surface area contributed by atoms with E-state index in [0.29, 0.717) is 12.3 Å². The van der Waals surface area contributed by atoms with Crippen LogP contribution in [0, 0.1) is 11.8 Å². The molecule has 2 aliphatic carbocycles. The van der Waals surface area contributed by atoms with Gasteiger partial charge in [-0.25, -0.2) is 8.42 Å². The Balaban J connectivity index is 0.00000112. The Bertz CT molecular complexity index is 300. The average molecular weight is 240 g/mol. The summed E-state index contributed by atoms with van der Waals surface area (Å²) in [5.74, 6) is 0.700. The molecule has 0 aromatic carbocycles. The Kier molecular flexibility index (Phi) is 5.12. The van der Waals surface area contributed by atoms with Crippen LogP contribution in [-0.4, -0.2) is 18.2 Å². The second kappa shape index (κ2) is 5.50. The molecule has 0 aromatic heterocycles. The molecule has 0 spiro atoms. The Labute approximate surface area is 114 Å². The van der Waals surface area contributed by atoms with Crippen molar-refractivity contribution >= 4 is 10.1 Å². The third-order valence-electron chi connectivity index (χ3n) is 3.88. The minimum absolute atomic E-state index is 0. The van der Waals surface area contributed by atoms with E-state index < -0.39 is 15.4 Å². The SMILES string of the molecule is O=S(=O)([O-])C1CCCC2CCCCC21.[Na+]. The zero-order valence-corrected chi connectivity index (χ0v) is 12.1. The molecule has 2 saturated carbocycles. The molecule has 3 unspecified atom stereocenters. The van der Waals surface area contributed by atoms with Gasteiger partial charge in [0.25, 0.3) is 0 Å². The Morgan fingerprint density at radius 2 is 1.53 bits per heavy atom. The average Bonchev–Trinajstić information content (AvgIpc) is 2.15. The summed E-state index contributed by atoms with van der Waals surface area (Å²) in [7, 11) is -4.05. The zero-order valence-electron chi connectivity index (χ0n) is 9.31. The molecule has 0 bridgehead atoms. The molecule has 0 heterocycles. The molecule has 2 fully saturated rings. The van der Waals surface area contributed by atoms with Gasteiger partial charge in [-0.15, -0.1) is 0 Å². The first kappa shape index (κ1) is 14.0. The molecular formula is C10H17NaO3S. The minimum Gasteiger partial charge on any atom is -0.748 e. The van der Waals surface area contributed by atoms with Gasteiger partial charge >= 0.3 is 29.6 Å². The third-order valence-corrected chi connectivity index (χ3v) is 5.21. The Morgan fingerprint density at radius 1 is 0.933 bits per heavy atom. The molecular weight excluding hydrogens is 223 g/mol. The van der Waals surface area contributed by atoms with E-state index in [1.165, 1.54) is 6.42 Å². The summed E-state index contributed by atoms with van der Waals surface area (Å²) in [5, 5.41) is -0.568.